The minimum atomic E-state index is -2.21. The number of β-lactam (4-membered cyclic amide) rings is 1. The Morgan fingerprint density at radius 1 is 1.50 bits per heavy atom. The van der Waals surface area contributed by atoms with Gasteiger partial charge >= 0.3 is 5.97 Å². The van der Waals surface area contributed by atoms with Crippen molar-refractivity contribution >= 4 is 51.7 Å². The van der Waals surface area contributed by atoms with E-state index in [1.54, 1.807) is 22.9 Å². The molecule has 36 heavy (non-hydrogen) atoms. The van der Waals surface area contributed by atoms with E-state index in [-0.39, 0.29) is 52.9 Å². The third kappa shape index (κ3) is 4.32. The number of thiazole rings is 1. The number of rotatable bonds is 7. The number of anilines is 1. The second-order valence-corrected chi connectivity index (χ2v) is 10.1. The van der Waals surface area contributed by atoms with Gasteiger partial charge in [0.2, 0.25) is 0 Å². The molecular formula is C23H25N6O5S2+. The van der Waals surface area contributed by atoms with Crippen LogP contribution in [0.5, 0.6) is 0 Å². The third-order valence-electron chi connectivity index (χ3n) is 5.96. The summed E-state index contributed by atoms with van der Waals surface area (Å²) < 4.78 is 34.7. The van der Waals surface area contributed by atoms with Gasteiger partial charge in [-0.25, -0.2) is 9.78 Å². The zero-order valence-corrected chi connectivity index (χ0v) is 20.7. The molecule has 188 valence electrons. The molecule has 2 atom stereocenters. The number of hydrogen-bond acceptors (Lipinski definition) is 9. The average Bonchev–Trinajstić information content (AvgIpc) is 3.33. The predicted octanol–water partition coefficient (Wildman–Crippen LogP) is 0.681. The van der Waals surface area contributed by atoms with Crippen LogP contribution in [0.1, 0.15) is 35.2 Å². The number of nitrogens with one attached hydrogen (secondary N) is 1. The van der Waals surface area contributed by atoms with E-state index in [1.165, 1.54) is 24.3 Å². The van der Waals surface area contributed by atoms with Crippen molar-refractivity contribution in [3.63, 3.8) is 0 Å². The number of carboxylic acid groups (broad SMARTS) is 1. The Bertz CT molecular complexity index is 1480. The minimum Gasteiger partial charge on any atom is -0.477 e. The molecule has 13 heteroatoms. The van der Waals surface area contributed by atoms with E-state index in [9.17, 15) is 19.5 Å². The number of amides is 2. The molecule has 3 aliphatic rings. The lowest BCUT2D eigenvalue weighted by atomic mass is 9.95. The summed E-state index contributed by atoms with van der Waals surface area (Å²) in [7, 11) is 1.26. The van der Waals surface area contributed by atoms with Crippen LogP contribution < -0.4 is 15.6 Å². The van der Waals surface area contributed by atoms with Crippen molar-refractivity contribution in [2.75, 3.05) is 18.6 Å². The van der Waals surface area contributed by atoms with E-state index in [4.69, 9.17) is 16.1 Å². The number of aryl methyl sites for hydroxylation is 1. The minimum absolute atomic E-state index is 0.0213. The number of aromatic nitrogens is 2. The van der Waals surface area contributed by atoms with Crippen molar-refractivity contribution in [2.24, 2.45) is 5.16 Å². The van der Waals surface area contributed by atoms with E-state index in [0.717, 1.165) is 16.2 Å². The molecule has 0 bridgehead atoms. The summed E-state index contributed by atoms with van der Waals surface area (Å²) in [5, 5.41) is 17.5. The number of nitrogen functional groups attached to an aromatic ring is 1. The van der Waals surface area contributed by atoms with Gasteiger partial charge < -0.3 is 21.0 Å². The average molecular weight is 534 g/mol. The summed E-state index contributed by atoms with van der Waals surface area (Å²) in [6.07, 6.45) is -2.30. The van der Waals surface area contributed by atoms with E-state index in [0.29, 0.717) is 11.3 Å². The van der Waals surface area contributed by atoms with Gasteiger partial charge in [0.05, 0.1) is 0 Å². The highest BCUT2D eigenvalue weighted by Crippen LogP contribution is 2.40. The standard InChI is InChI=1S/C23H24N6O5S2/c1-34-27-16(14-11-36-23(24)25-14)19(30)26-17-20(31)29-18(22(32)33)13(10-35-21(17)29)9-28-8-4-6-12-5-2-3-7-15(12)28/h4,6,8,11,17,21H,2-3,5,7,9-10H2,1H3,(H3-,24,25,26,30,32,33)/p+1/b27-16-/t17-,21-/m1/s1/i2D2,5D2. The zero-order valence-electron chi connectivity index (χ0n) is 23.1. The molecule has 0 aromatic carbocycles. The number of nitrogens with two attached hydrogens (primary N) is 1. The number of fused-ring (bicyclic) bond motifs is 2. The van der Waals surface area contributed by atoms with Crippen LogP contribution in [0.4, 0.5) is 5.13 Å². The third-order valence-corrected chi connectivity index (χ3v) is 7.97. The van der Waals surface area contributed by atoms with Gasteiger partial charge in [-0.05, 0) is 25.2 Å². The van der Waals surface area contributed by atoms with Crippen molar-refractivity contribution < 1.29 is 34.4 Å². The monoisotopic (exact) mass is 533 g/mol. The molecule has 11 nitrogen and oxygen atoms in total. The topological polar surface area (TPSA) is 151 Å². The van der Waals surface area contributed by atoms with Crippen molar-refractivity contribution in [3.05, 3.63) is 51.9 Å². The molecule has 0 spiro atoms. The molecule has 1 aliphatic carbocycles. The van der Waals surface area contributed by atoms with Crippen LogP contribution in [0, 0.1) is 0 Å². The summed E-state index contributed by atoms with van der Waals surface area (Å²) in [4.78, 5) is 48.4. The molecule has 4 N–H and O–H groups in total. The lowest BCUT2D eigenvalue weighted by Gasteiger charge is -2.49. The van der Waals surface area contributed by atoms with Crippen molar-refractivity contribution in [1.29, 1.82) is 0 Å². The number of carboxylic acids is 1. The quantitative estimate of drug-likeness (QED) is 0.203. The summed E-state index contributed by atoms with van der Waals surface area (Å²) in [5.41, 5.74) is 6.72. The maximum Gasteiger partial charge on any atom is 0.352 e. The molecule has 2 aromatic rings. The van der Waals surface area contributed by atoms with E-state index < -0.39 is 41.9 Å². The van der Waals surface area contributed by atoms with Gasteiger partial charge in [0.25, 0.3) is 11.8 Å². The van der Waals surface area contributed by atoms with Crippen LogP contribution in [-0.2, 0) is 38.6 Å². The highest BCUT2D eigenvalue weighted by atomic mass is 32.2. The zero-order chi connectivity index (χ0) is 29.0. The van der Waals surface area contributed by atoms with Crippen LogP contribution in [0.25, 0.3) is 0 Å². The van der Waals surface area contributed by atoms with E-state index in [1.807, 2.05) is 0 Å². The molecule has 5 rings (SSSR count). The Kier molecular flexibility index (Phi) is 5.42. The van der Waals surface area contributed by atoms with Gasteiger partial charge in [-0.1, -0.05) is 5.16 Å². The van der Waals surface area contributed by atoms with Crippen LogP contribution in [-0.4, -0.2) is 62.8 Å². The molecular weight excluding hydrogens is 504 g/mol. The first-order valence-electron chi connectivity index (χ1n) is 12.9. The number of nitrogens with zero attached hydrogens (tertiary/aromatic N) is 4. The fourth-order valence-corrected chi connectivity index (χ4v) is 6.26. The first-order chi connectivity index (χ1) is 18.9. The predicted molar refractivity (Wildman–Crippen MR) is 133 cm³/mol. The maximum atomic E-state index is 13.2. The van der Waals surface area contributed by atoms with E-state index in [2.05, 4.69) is 15.5 Å². The number of carbonyl (C=O) groups excluding carboxylic acids is 2. The summed E-state index contributed by atoms with van der Waals surface area (Å²) >= 11 is 2.40. The lowest BCUT2D eigenvalue weighted by molar-refractivity contribution is -0.697. The number of thioether (sulfide) groups is 1. The highest BCUT2D eigenvalue weighted by Gasteiger charge is 2.55. The van der Waals surface area contributed by atoms with Gasteiger partial charge in [0, 0.05) is 40.2 Å². The van der Waals surface area contributed by atoms with E-state index >= 15 is 0 Å². The molecule has 1 fully saturated rings. The fraction of sp³-hybridized carbons (Fsp3) is 0.391. The Hall–Kier alpha value is -3.45. The Morgan fingerprint density at radius 3 is 3.06 bits per heavy atom. The molecule has 1 saturated heterocycles. The molecule has 2 amide bonds. The number of aliphatic carboxylic acids is 1. The number of oxime groups is 1. The summed E-state index contributed by atoms with van der Waals surface area (Å²) in [6, 6.07) is 2.15. The fourth-order valence-electron chi connectivity index (χ4n) is 4.38. The largest absolute Gasteiger partial charge is 0.477 e. The smallest absolute Gasteiger partial charge is 0.352 e. The van der Waals surface area contributed by atoms with Crippen molar-refractivity contribution in [1.82, 2.24) is 15.2 Å². The second kappa shape index (κ2) is 9.90. The Morgan fingerprint density at radius 2 is 2.33 bits per heavy atom. The molecule has 2 aromatic heterocycles. The highest BCUT2D eigenvalue weighted by molar-refractivity contribution is 8.00. The number of hydrogen-bond donors (Lipinski definition) is 3. The van der Waals surface area contributed by atoms with Crippen molar-refractivity contribution in [3.8, 4) is 0 Å². The first kappa shape index (κ1) is 19.7. The molecule has 2 aliphatic heterocycles. The maximum absolute atomic E-state index is 13.2. The number of pyridine rings is 1. The van der Waals surface area contributed by atoms with Crippen LogP contribution in [0.3, 0.4) is 0 Å². The second-order valence-electron chi connectivity index (χ2n) is 8.11. The van der Waals surface area contributed by atoms with Crippen LogP contribution in [0.15, 0.2) is 40.1 Å². The Balaban J connectivity index is 1.39. The SMILES string of the molecule is [2H]C1([2H])CCc2c(ccc[n+]2CC2=C(C(=O)O)N3C(=O)[C@@H](NC(=O)/C(=N\OC)c4csc(N)n4)[C@H]3SC2)C1([2H])[2H]. The van der Waals surface area contributed by atoms with Gasteiger partial charge in [0.1, 0.15) is 29.9 Å². The van der Waals surface area contributed by atoms with Gasteiger partial charge in [-0.15, -0.1) is 23.1 Å². The van der Waals surface area contributed by atoms with Crippen molar-refractivity contribution in [2.45, 2.75) is 43.5 Å². The molecule has 0 saturated carbocycles. The van der Waals surface area contributed by atoms with Gasteiger partial charge in [0.15, 0.2) is 29.3 Å². The Labute approximate surface area is 220 Å². The van der Waals surface area contributed by atoms with Gasteiger partial charge in [-0.2, -0.15) is 4.57 Å². The van der Waals surface area contributed by atoms with Gasteiger partial charge in [-0.3, -0.25) is 14.5 Å². The first-order valence-corrected chi connectivity index (χ1v) is 12.9. The summed E-state index contributed by atoms with van der Waals surface area (Å²) in [6.45, 7) is 0.0836. The molecule has 0 radical (unpaired) electrons. The molecule has 0 unspecified atom stereocenters. The number of carbonyl (C=O) groups is 3. The van der Waals surface area contributed by atoms with Crippen LogP contribution in [0.2, 0.25) is 0 Å². The normalized spacial score (nSPS) is 25.9. The summed E-state index contributed by atoms with van der Waals surface area (Å²) in [5.74, 6) is -2.37. The lowest BCUT2D eigenvalue weighted by Crippen LogP contribution is -2.71. The van der Waals surface area contributed by atoms with Crippen LogP contribution >= 0.6 is 23.1 Å². The molecule has 4 heterocycles.